The molecule has 1 heterocycles. The van der Waals surface area contributed by atoms with E-state index in [1.807, 2.05) is 11.8 Å². The summed E-state index contributed by atoms with van der Waals surface area (Å²) in [7, 11) is 0. The van der Waals surface area contributed by atoms with Crippen molar-refractivity contribution in [2.45, 2.75) is 49.2 Å². The van der Waals surface area contributed by atoms with Gasteiger partial charge in [-0.25, -0.2) is 0 Å². The topological polar surface area (TPSA) is 37.8 Å². The average Bonchev–Trinajstić information content (AvgIpc) is 2.71. The van der Waals surface area contributed by atoms with Crippen LogP contribution in [-0.2, 0) is 0 Å². The second kappa shape index (κ2) is 7.19. The van der Waals surface area contributed by atoms with E-state index in [1.165, 1.54) is 6.42 Å². The first-order chi connectivity index (χ1) is 7.27. The molecule has 15 heavy (non-hydrogen) atoms. The number of rotatable bonds is 7. The molecule has 2 atom stereocenters. The van der Waals surface area contributed by atoms with Crippen LogP contribution in [0.15, 0.2) is 9.85 Å². The standard InChI is InChI=1S/C10H19N3S2/c1-4-6-11-9(5-2)8(3)15-10-13-12-7-14-10/h7-9,11H,4-6H2,1-3H3. The Bertz CT molecular complexity index is 251. The fraction of sp³-hybridized carbons (Fsp3) is 0.800. The summed E-state index contributed by atoms with van der Waals surface area (Å²) in [5, 5.41) is 12.0. The maximum absolute atomic E-state index is 4.06. The third-order valence-electron chi connectivity index (χ3n) is 2.29. The van der Waals surface area contributed by atoms with Crippen molar-refractivity contribution in [3.8, 4) is 0 Å². The Morgan fingerprint density at radius 1 is 1.53 bits per heavy atom. The highest BCUT2D eigenvalue weighted by Gasteiger charge is 2.16. The average molecular weight is 245 g/mol. The van der Waals surface area contributed by atoms with Crippen LogP contribution in [-0.4, -0.2) is 28.0 Å². The quantitative estimate of drug-likeness (QED) is 0.750. The predicted octanol–water partition coefficient (Wildman–Crippen LogP) is 2.80. The number of hydrogen-bond acceptors (Lipinski definition) is 5. The Morgan fingerprint density at radius 2 is 2.33 bits per heavy atom. The van der Waals surface area contributed by atoms with Crippen LogP contribution in [0.4, 0.5) is 0 Å². The van der Waals surface area contributed by atoms with Crippen LogP contribution in [0.3, 0.4) is 0 Å². The minimum absolute atomic E-state index is 0.550. The maximum Gasteiger partial charge on any atom is 0.174 e. The van der Waals surface area contributed by atoms with Crippen LogP contribution in [0.1, 0.15) is 33.6 Å². The summed E-state index contributed by atoms with van der Waals surface area (Å²) < 4.78 is 1.07. The Hall–Kier alpha value is -0.130. The van der Waals surface area contributed by atoms with Crippen molar-refractivity contribution >= 4 is 23.1 Å². The highest BCUT2D eigenvalue weighted by molar-refractivity contribution is 8.01. The molecule has 0 saturated heterocycles. The molecule has 0 amide bonds. The summed E-state index contributed by atoms with van der Waals surface area (Å²) in [6, 6.07) is 0.568. The molecule has 1 N–H and O–H groups in total. The number of thioether (sulfide) groups is 1. The fourth-order valence-corrected chi connectivity index (χ4v) is 3.38. The van der Waals surface area contributed by atoms with Crippen molar-refractivity contribution in [1.29, 1.82) is 0 Å². The van der Waals surface area contributed by atoms with Gasteiger partial charge in [-0.3, -0.25) is 0 Å². The third-order valence-corrected chi connectivity index (χ3v) is 4.33. The lowest BCUT2D eigenvalue weighted by Crippen LogP contribution is -2.36. The lowest BCUT2D eigenvalue weighted by atomic mass is 10.1. The smallest absolute Gasteiger partial charge is 0.174 e. The van der Waals surface area contributed by atoms with Gasteiger partial charge < -0.3 is 5.32 Å². The highest BCUT2D eigenvalue weighted by Crippen LogP contribution is 2.26. The Morgan fingerprint density at radius 3 is 2.87 bits per heavy atom. The highest BCUT2D eigenvalue weighted by atomic mass is 32.2. The van der Waals surface area contributed by atoms with E-state index >= 15 is 0 Å². The molecule has 86 valence electrons. The van der Waals surface area contributed by atoms with E-state index in [1.54, 1.807) is 16.8 Å². The van der Waals surface area contributed by atoms with Gasteiger partial charge in [-0.2, -0.15) is 0 Å². The summed E-state index contributed by atoms with van der Waals surface area (Å²) in [4.78, 5) is 0. The molecule has 1 rings (SSSR count). The molecule has 0 aromatic carbocycles. The first kappa shape index (κ1) is 12.9. The minimum atomic E-state index is 0.550. The number of aromatic nitrogens is 2. The first-order valence-electron chi connectivity index (χ1n) is 5.44. The van der Waals surface area contributed by atoms with Crippen LogP contribution >= 0.6 is 23.1 Å². The van der Waals surface area contributed by atoms with Gasteiger partial charge in [0.15, 0.2) is 4.34 Å². The number of nitrogens with zero attached hydrogens (tertiary/aromatic N) is 2. The van der Waals surface area contributed by atoms with Crippen molar-refractivity contribution in [3.63, 3.8) is 0 Å². The van der Waals surface area contributed by atoms with Crippen LogP contribution in [0.2, 0.25) is 0 Å². The molecule has 0 aliphatic rings. The zero-order chi connectivity index (χ0) is 11.1. The minimum Gasteiger partial charge on any atom is -0.313 e. The number of nitrogens with one attached hydrogen (secondary N) is 1. The van der Waals surface area contributed by atoms with E-state index in [-0.39, 0.29) is 0 Å². The molecule has 0 saturated carbocycles. The van der Waals surface area contributed by atoms with Crippen LogP contribution in [0.25, 0.3) is 0 Å². The molecule has 0 aliphatic heterocycles. The lowest BCUT2D eigenvalue weighted by Gasteiger charge is -2.22. The summed E-state index contributed by atoms with van der Waals surface area (Å²) in [5.41, 5.74) is 1.79. The first-order valence-corrected chi connectivity index (χ1v) is 7.20. The largest absolute Gasteiger partial charge is 0.313 e. The zero-order valence-corrected chi connectivity index (χ0v) is 11.2. The van der Waals surface area contributed by atoms with E-state index < -0.39 is 0 Å². The van der Waals surface area contributed by atoms with Gasteiger partial charge in [-0.1, -0.05) is 43.9 Å². The molecule has 0 fully saturated rings. The van der Waals surface area contributed by atoms with E-state index in [4.69, 9.17) is 0 Å². The van der Waals surface area contributed by atoms with Crippen LogP contribution < -0.4 is 5.32 Å². The van der Waals surface area contributed by atoms with Crippen LogP contribution in [0, 0.1) is 0 Å². The van der Waals surface area contributed by atoms with E-state index in [0.717, 1.165) is 17.3 Å². The number of hydrogen-bond donors (Lipinski definition) is 1. The van der Waals surface area contributed by atoms with Gasteiger partial charge in [0, 0.05) is 11.3 Å². The molecule has 0 aliphatic carbocycles. The second-order valence-electron chi connectivity index (χ2n) is 3.50. The SMILES string of the molecule is CCCNC(CC)C(C)Sc1nncs1. The monoisotopic (exact) mass is 245 g/mol. The van der Waals surface area contributed by atoms with Gasteiger partial charge in [0.2, 0.25) is 0 Å². The normalized spacial score (nSPS) is 15.1. The summed E-state index contributed by atoms with van der Waals surface area (Å²) >= 11 is 3.43. The fourth-order valence-electron chi connectivity index (χ4n) is 1.43. The van der Waals surface area contributed by atoms with Gasteiger partial charge in [-0.05, 0) is 19.4 Å². The van der Waals surface area contributed by atoms with Crippen molar-refractivity contribution in [1.82, 2.24) is 15.5 Å². The summed E-state index contributed by atoms with van der Waals surface area (Å²) in [5.74, 6) is 0. The molecular formula is C10H19N3S2. The molecule has 0 spiro atoms. The van der Waals surface area contributed by atoms with Gasteiger partial charge in [0.1, 0.15) is 5.51 Å². The molecule has 1 aromatic rings. The van der Waals surface area contributed by atoms with Crippen LogP contribution in [0.5, 0.6) is 0 Å². The molecule has 1 aromatic heterocycles. The molecule has 0 radical (unpaired) electrons. The van der Waals surface area contributed by atoms with Gasteiger partial charge >= 0.3 is 0 Å². The van der Waals surface area contributed by atoms with Gasteiger partial charge in [0.05, 0.1) is 0 Å². The zero-order valence-electron chi connectivity index (χ0n) is 9.56. The summed E-state index contributed by atoms with van der Waals surface area (Å²) in [6.07, 6.45) is 2.35. The third kappa shape index (κ3) is 4.49. The van der Waals surface area contributed by atoms with Crippen molar-refractivity contribution in [3.05, 3.63) is 5.51 Å². The molecular weight excluding hydrogens is 226 g/mol. The Labute approximate surface area is 100 Å². The van der Waals surface area contributed by atoms with Crippen molar-refractivity contribution < 1.29 is 0 Å². The van der Waals surface area contributed by atoms with E-state index in [9.17, 15) is 0 Å². The predicted molar refractivity (Wildman–Crippen MR) is 67.6 cm³/mol. The summed E-state index contributed by atoms with van der Waals surface area (Å²) in [6.45, 7) is 7.77. The molecule has 5 heteroatoms. The molecule has 0 bridgehead atoms. The van der Waals surface area contributed by atoms with Crippen molar-refractivity contribution in [2.75, 3.05) is 6.54 Å². The Balaban J connectivity index is 2.39. The molecule has 2 unspecified atom stereocenters. The second-order valence-corrected chi connectivity index (χ2v) is 5.95. The van der Waals surface area contributed by atoms with Gasteiger partial charge in [-0.15, -0.1) is 10.2 Å². The van der Waals surface area contributed by atoms with E-state index in [0.29, 0.717) is 11.3 Å². The lowest BCUT2D eigenvalue weighted by molar-refractivity contribution is 0.493. The maximum atomic E-state index is 4.06. The van der Waals surface area contributed by atoms with E-state index in [2.05, 4.69) is 36.3 Å². The Kier molecular flexibility index (Phi) is 6.20. The van der Waals surface area contributed by atoms with Crippen molar-refractivity contribution in [2.24, 2.45) is 0 Å². The molecule has 3 nitrogen and oxygen atoms in total. The van der Waals surface area contributed by atoms with Gasteiger partial charge in [0.25, 0.3) is 0 Å².